The number of amides is 1. The zero-order valence-electron chi connectivity index (χ0n) is 13.5. The number of hydrogen-bond donors (Lipinski definition) is 3. The topological polar surface area (TPSA) is 108 Å². The van der Waals surface area contributed by atoms with Crippen molar-refractivity contribution in [3.05, 3.63) is 22.5 Å². The predicted octanol–water partition coefficient (Wildman–Crippen LogP) is 1.31. The Bertz CT molecular complexity index is 605. The fraction of sp³-hybridized carbons (Fsp3) is 0.533. The summed E-state index contributed by atoms with van der Waals surface area (Å²) in [6.45, 7) is 6.16. The summed E-state index contributed by atoms with van der Waals surface area (Å²) < 4.78 is 4.87. The SMILES string of the molecule is CCc1c(C(=O)NC(C)(COC)C(=O)O)[nH]c(C)c1C(C)=O. The van der Waals surface area contributed by atoms with Crippen LogP contribution in [0.4, 0.5) is 0 Å². The van der Waals surface area contributed by atoms with Gasteiger partial charge < -0.3 is 20.1 Å². The van der Waals surface area contributed by atoms with E-state index in [0.29, 0.717) is 23.2 Å². The highest BCUT2D eigenvalue weighted by Gasteiger charge is 2.36. The van der Waals surface area contributed by atoms with Gasteiger partial charge in [-0.05, 0) is 32.8 Å². The summed E-state index contributed by atoms with van der Waals surface area (Å²) in [6, 6.07) is 0. The first kappa shape index (κ1) is 17.9. The molecule has 1 heterocycles. The zero-order valence-corrected chi connectivity index (χ0v) is 13.5. The van der Waals surface area contributed by atoms with E-state index in [9.17, 15) is 19.5 Å². The van der Waals surface area contributed by atoms with Gasteiger partial charge in [0, 0.05) is 18.4 Å². The molecule has 0 aliphatic carbocycles. The number of aliphatic carboxylic acids is 1. The van der Waals surface area contributed by atoms with Gasteiger partial charge in [0.05, 0.1) is 6.61 Å². The Morgan fingerprint density at radius 1 is 1.36 bits per heavy atom. The number of aryl methyl sites for hydroxylation is 1. The third kappa shape index (κ3) is 3.36. The van der Waals surface area contributed by atoms with E-state index in [2.05, 4.69) is 10.3 Å². The number of aromatic nitrogens is 1. The number of ether oxygens (including phenoxy) is 1. The molecule has 22 heavy (non-hydrogen) atoms. The largest absolute Gasteiger partial charge is 0.479 e. The van der Waals surface area contributed by atoms with Gasteiger partial charge in [0.2, 0.25) is 0 Å². The van der Waals surface area contributed by atoms with E-state index in [1.54, 1.807) is 6.92 Å². The van der Waals surface area contributed by atoms with Gasteiger partial charge in [-0.25, -0.2) is 4.79 Å². The molecule has 7 heteroatoms. The second-order valence-corrected chi connectivity index (χ2v) is 5.41. The van der Waals surface area contributed by atoms with Crippen molar-refractivity contribution in [3.8, 4) is 0 Å². The molecular formula is C15H22N2O5. The van der Waals surface area contributed by atoms with Gasteiger partial charge >= 0.3 is 5.97 Å². The molecule has 1 unspecified atom stereocenters. The number of carboxylic acid groups (broad SMARTS) is 1. The Morgan fingerprint density at radius 2 is 1.95 bits per heavy atom. The Hall–Kier alpha value is -2.15. The number of ketones is 1. The standard InChI is InChI=1S/C15H22N2O5/c1-6-10-11(9(3)18)8(2)16-12(10)13(19)17-15(4,7-22-5)14(20)21/h16H,6-7H2,1-5H3,(H,17,19)(H,20,21). The monoisotopic (exact) mass is 310 g/mol. The van der Waals surface area contributed by atoms with E-state index < -0.39 is 17.4 Å². The summed E-state index contributed by atoms with van der Waals surface area (Å²) in [7, 11) is 1.36. The number of rotatable bonds is 7. The summed E-state index contributed by atoms with van der Waals surface area (Å²) in [5.41, 5.74) is 0.336. The van der Waals surface area contributed by atoms with E-state index >= 15 is 0 Å². The second kappa shape index (κ2) is 6.74. The molecular weight excluding hydrogens is 288 g/mol. The molecule has 0 fully saturated rings. The highest BCUT2D eigenvalue weighted by molar-refractivity contribution is 6.03. The molecule has 0 saturated carbocycles. The number of nitrogens with one attached hydrogen (secondary N) is 2. The number of H-pyrrole nitrogens is 1. The van der Waals surface area contributed by atoms with Gasteiger partial charge in [0.25, 0.3) is 5.91 Å². The van der Waals surface area contributed by atoms with Crippen LogP contribution in [-0.2, 0) is 16.0 Å². The summed E-state index contributed by atoms with van der Waals surface area (Å²) in [5.74, 6) is -1.91. The number of aromatic amines is 1. The molecule has 122 valence electrons. The molecule has 1 atom stereocenters. The number of carbonyl (C=O) groups is 3. The van der Waals surface area contributed by atoms with Crippen LogP contribution >= 0.6 is 0 Å². The van der Waals surface area contributed by atoms with Crippen molar-refractivity contribution in [2.24, 2.45) is 0 Å². The summed E-state index contributed by atoms with van der Waals surface area (Å²) in [6.07, 6.45) is 0.482. The van der Waals surface area contributed by atoms with Gasteiger partial charge in [-0.2, -0.15) is 0 Å². The van der Waals surface area contributed by atoms with Crippen LogP contribution < -0.4 is 5.32 Å². The fourth-order valence-electron chi connectivity index (χ4n) is 2.45. The van der Waals surface area contributed by atoms with E-state index in [4.69, 9.17) is 4.74 Å². The van der Waals surface area contributed by atoms with E-state index in [1.807, 2.05) is 6.92 Å². The number of Topliss-reactive ketones (excluding diaryl/α,β-unsaturated/α-hetero) is 1. The summed E-state index contributed by atoms with van der Waals surface area (Å²) in [5, 5.41) is 11.7. The van der Waals surface area contributed by atoms with E-state index in [0.717, 1.165) is 0 Å². The van der Waals surface area contributed by atoms with Crippen molar-refractivity contribution in [2.75, 3.05) is 13.7 Å². The minimum Gasteiger partial charge on any atom is -0.479 e. The molecule has 1 amide bonds. The Labute approximate surface area is 129 Å². The Kier molecular flexibility index (Phi) is 5.48. The third-order valence-electron chi connectivity index (χ3n) is 3.52. The minimum absolute atomic E-state index is 0.137. The Morgan fingerprint density at radius 3 is 2.36 bits per heavy atom. The van der Waals surface area contributed by atoms with Gasteiger partial charge in [-0.15, -0.1) is 0 Å². The number of hydrogen-bond acceptors (Lipinski definition) is 4. The maximum absolute atomic E-state index is 12.4. The molecule has 1 aromatic heterocycles. The second-order valence-electron chi connectivity index (χ2n) is 5.41. The van der Waals surface area contributed by atoms with E-state index in [1.165, 1.54) is 21.0 Å². The van der Waals surface area contributed by atoms with Gasteiger partial charge in [0.15, 0.2) is 11.3 Å². The molecule has 0 radical (unpaired) electrons. The van der Waals surface area contributed by atoms with Crippen molar-refractivity contribution in [1.82, 2.24) is 10.3 Å². The van der Waals surface area contributed by atoms with Crippen LogP contribution in [-0.4, -0.2) is 47.0 Å². The fourth-order valence-corrected chi connectivity index (χ4v) is 2.45. The molecule has 0 saturated heterocycles. The molecule has 0 aromatic carbocycles. The van der Waals surface area contributed by atoms with Crippen LogP contribution in [0.5, 0.6) is 0 Å². The average molecular weight is 310 g/mol. The normalized spacial score (nSPS) is 13.5. The maximum atomic E-state index is 12.4. The van der Waals surface area contributed by atoms with E-state index in [-0.39, 0.29) is 18.1 Å². The van der Waals surface area contributed by atoms with Gasteiger partial charge in [0.1, 0.15) is 5.69 Å². The number of carboxylic acids is 1. The summed E-state index contributed by atoms with van der Waals surface area (Å²) in [4.78, 5) is 38.4. The van der Waals surface area contributed by atoms with Crippen LogP contribution in [0.1, 0.15) is 52.9 Å². The van der Waals surface area contributed by atoms with Crippen LogP contribution in [0.3, 0.4) is 0 Å². The lowest BCUT2D eigenvalue weighted by molar-refractivity contribution is -0.145. The maximum Gasteiger partial charge on any atom is 0.331 e. The first-order valence-electron chi connectivity index (χ1n) is 6.95. The Balaban J connectivity index is 3.21. The quantitative estimate of drug-likeness (QED) is 0.658. The predicted molar refractivity (Wildman–Crippen MR) is 80.3 cm³/mol. The van der Waals surface area contributed by atoms with Crippen LogP contribution in [0.25, 0.3) is 0 Å². The van der Waals surface area contributed by atoms with Crippen molar-refractivity contribution in [2.45, 2.75) is 39.7 Å². The molecule has 1 rings (SSSR count). The van der Waals surface area contributed by atoms with Crippen LogP contribution in [0.15, 0.2) is 0 Å². The molecule has 1 aromatic rings. The summed E-state index contributed by atoms with van der Waals surface area (Å²) >= 11 is 0. The van der Waals surface area contributed by atoms with Crippen molar-refractivity contribution >= 4 is 17.7 Å². The molecule has 0 aliphatic heterocycles. The lowest BCUT2D eigenvalue weighted by Gasteiger charge is -2.25. The lowest BCUT2D eigenvalue weighted by atomic mass is 10.0. The smallest absolute Gasteiger partial charge is 0.331 e. The average Bonchev–Trinajstić information content (AvgIpc) is 2.75. The number of carbonyl (C=O) groups excluding carboxylic acids is 2. The third-order valence-corrected chi connectivity index (χ3v) is 3.52. The molecule has 7 nitrogen and oxygen atoms in total. The van der Waals surface area contributed by atoms with Gasteiger partial charge in [-0.3, -0.25) is 9.59 Å². The van der Waals surface area contributed by atoms with Crippen LogP contribution in [0, 0.1) is 6.92 Å². The van der Waals surface area contributed by atoms with Gasteiger partial charge in [-0.1, -0.05) is 6.92 Å². The highest BCUT2D eigenvalue weighted by atomic mass is 16.5. The first-order chi connectivity index (χ1) is 10.2. The van der Waals surface area contributed by atoms with Crippen molar-refractivity contribution in [3.63, 3.8) is 0 Å². The molecule has 0 aliphatic rings. The highest BCUT2D eigenvalue weighted by Crippen LogP contribution is 2.21. The molecule has 0 bridgehead atoms. The first-order valence-corrected chi connectivity index (χ1v) is 6.95. The molecule has 3 N–H and O–H groups in total. The lowest BCUT2D eigenvalue weighted by Crippen LogP contribution is -2.55. The van der Waals surface area contributed by atoms with Crippen molar-refractivity contribution in [1.29, 1.82) is 0 Å². The molecule has 0 spiro atoms. The zero-order chi connectivity index (χ0) is 17.1. The number of methoxy groups -OCH3 is 1. The van der Waals surface area contributed by atoms with Crippen LogP contribution in [0.2, 0.25) is 0 Å². The minimum atomic E-state index is -1.55. The van der Waals surface area contributed by atoms with Crippen molar-refractivity contribution < 1.29 is 24.2 Å².